The zero-order valence-corrected chi connectivity index (χ0v) is 7.66. The van der Waals surface area contributed by atoms with Crippen molar-refractivity contribution in [3.8, 4) is 24.5 Å². The summed E-state index contributed by atoms with van der Waals surface area (Å²) >= 11 is 0. The Balaban J connectivity index is 3.34. The van der Waals surface area contributed by atoms with Crippen LogP contribution < -0.4 is 0 Å². The number of rotatable bonds is 1. The normalized spacial score (nSPS) is 8.13. The Bertz CT molecular complexity index is 520. The molecule has 2 nitrogen and oxygen atoms in total. The second kappa shape index (κ2) is 4.61. The largest absolute Gasteiger partial charge is 0.207 e. The molecule has 0 radical (unpaired) electrons. The molecule has 0 heterocycles. The Hall–Kier alpha value is -2.57. The van der Waals surface area contributed by atoms with Crippen molar-refractivity contribution in [1.29, 1.82) is 10.5 Å². The van der Waals surface area contributed by atoms with Gasteiger partial charge in [0.1, 0.15) is 23.5 Å². The fraction of sp³-hybridized carbons (Fsp3) is 0. The van der Waals surface area contributed by atoms with E-state index in [1.54, 1.807) is 12.1 Å². The molecule has 70 valence electrons. The van der Waals surface area contributed by atoms with Crippen molar-refractivity contribution in [1.82, 2.24) is 0 Å². The molecule has 0 aliphatic heterocycles. The molecular formula is C12H5FN2. The maximum atomic E-state index is 12.9. The van der Waals surface area contributed by atoms with Gasteiger partial charge >= 0.3 is 0 Å². The number of hydrogen-bond acceptors (Lipinski definition) is 2. The molecule has 0 spiro atoms. The Morgan fingerprint density at radius 3 is 2.53 bits per heavy atom. The average molecular weight is 196 g/mol. The lowest BCUT2D eigenvalue weighted by atomic mass is 10.1. The number of halogens is 1. The Morgan fingerprint density at radius 1 is 1.33 bits per heavy atom. The predicted octanol–water partition coefficient (Wildman–Crippen LogP) is 2.24. The molecule has 0 aliphatic carbocycles. The molecule has 0 bridgehead atoms. The van der Waals surface area contributed by atoms with Crippen molar-refractivity contribution in [3.05, 3.63) is 40.7 Å². The van der Waals surface area contributed by atoms with Crippen LogP contribution in [0.15, 0.2) is 23.8 Å². The van der Waals surface area contributed by atoms with Crippen molar-refractivity contribution < 1.29 is 4.39 Å². The van der Waals surface area contributed by atoms with E-state index in [9.17, 15) is 4.39 Å². The third-order valence-electron chi connectivity index (χ3n) is 1.71. The number of benzene rings is 1. The van der Waals surface area contributed by atoms with Gasteiger partial charge in [-0.3, -0.25) is 0 Å². The molecular weight excluding hydrogens is 191 g/mol. The minimum Gasteiger partial charge on any atom is -0.207 e. The molecule has 0 amide bonds. The van der Waals surface area contributed by atoms with Gasteiger partial charge in [0.25, 0.3) is 0 Å². The van der Waals surface area contributed by atoms with Crippen LogP contribution in [0.1, 0.15) is 11.1 Å². The standard InChI is InChI=1S/C12H5FN2/c1-2-10-3-4-12(13)6-11(10)5-9(7-14)8-15/h1,3-6H. The summed E-state index contributed by atoms with van der Waals surface area (Å²) in [4.78, 5) is 0. The van der Waals surface area contributed by atoms with Gasteiger partial charge in [0, 0.05) is 5.56 Å². The summed E-state index contributed by atoms with van der Waals surface area (Å²) in [6.45, 7) is 0. The zero-order chi connectivity index (χ0) is 11.3. The Kier molecular flexibility index (Phi) is 3.23. The van der Waals surface area contributed by atoms with Crippen molar-refractivity contribution >= 4 is 6.08 Å². The number of nitrogens with zero attached hydrogens (tertiary/aromatic N) is 2. The van der Waals surface area contributed by atoms with Crippen molar-refractivity contribution in [2.75, 3.05) is 0 Å². The molecule has 15 heavy (non-hydrogen) atoms. The molecule has 1 rings (SSSR count). The van der Waals surface area contributed by atoms with E-state index in [0.717, 1.165) is 0 Å². The van der Waals surface area contributed by atoms with Gasteiger partial charge in [-0.2, -0.15) is 10.5 Å². The second-order valence-corrected chi connectivity index (χ2v) is 2.66. The van der Waals surface area contributed by atoms with Crippen LogP contribution in [0.5, 0.6) is 0 Å². The molecule has 1 aromatic carbocycles. The summed E-state index contributed by atoms with van der Waals surface area (Å²) in [6, 6.07) is 7.20. The minimum atomic E-state index is -0.463. The molecule has 3 heteroatoms. The number of hydrogen-bond donors (Lipinski definition) is 0. The van der Waals surface area contributed by atoms with Crippen LogP contribution in [-0.2, 0) is 0 Å². The third-order valence-corrected chi connectivity index (χ3v) is 1.71. The van der Waals surface area contributed by atoms with Crippen LogP contribution in [0, 0.1) is 40.8 Å². The quantitative estimate of drug-likeness (QED) is 0.510. The highest BCUT2D eigenvalue weighted by molar-refractivity contribution is 5.66. The second-order valence-electron chi connectivity index (χ2n) is 2.66. The average Bonchev–Trinajstić information content (AvgIpc) is 2.26. The van der Waals surface area contributed by atoms with Crippen LogP contribution in [0.4, 0.5) is 4.39 Å². The summed E-state index contributed by atoms with van der Waals surface area (Å²) in [5, 5.41) is 17.1. The van der Waals surface area contributed by atoms with E-state index in [4.69, 9.17) is 16.9 Å². The maximum absolute atomic E-state index is 12.9. The summed E-state index contributed by atoms with van der Waals surface area (Å²) in [5.41, 5.74) is 0.687. The molecule has 0 N–H and O–H groups in total. The smallest absolute Gasteiger partial charge is 0.130 e. The first-order chi connectivity index (χ1) is 7.21. The van der Waals surface area contributed by atoms with Crippen molar-refractivity contribution in [2.24, 2.45) is 0 Å². The fourth-order valence-corrected chi connectivity index (χ4v) is 1.03. The van der Waals surface area contributed by atoms with E-state index in [2.05, 4.69) is 5.92 Å². The van der Waals surface area contributed by atoms with Gasteiger partial charge < -0.3 is 0 Å². The van der Waals surface area contributed by atoms with E-state index < -0.39 is 5.82 Å². The van der Waals surface area contributed by atoms with E-state index in [1.165, 1.54) is 24.3 Å². The molecule has 0 aliphatic rings. The summed E-state index contributed by atoms with van der Waals surface area (Å²) in [7, 11) is 0. The van der Waals surface area contributed by atoms with E-state index in [0.29, 0.717) is 11.1 Å². The van der Waals surface area contributed by atoms with Crippen molar-refractivity contribution in [3.63, 3.8) is 0 Å². The van der Waals surface area contributed by atoms with E-state index >= 15 is 0 Å². The highest BCUT2D eigenvalue weighted by Gasteiger charge is 2.01. The van der Waals surface area contributed by atoms with Crippen LogP contribution >= 0.6 is 0 Å². The summed E-state index contributed by atoms with van der Waals surface area (Å²) < 4.78 is 12.9. The van der Waals surface area contributed by atoms with E-state index in [-0.39, 0.29) is 5.57 Å². The highest BCUT2D eigenvalue weighted by Crippen LogP contribution is 2.13. The van der Waals surface area contributed by atoms with Gasteiger partial charge in [0.05, 0.1) is 0 Å². The molecule has 0 saturated carbocycles. The third kappa shape index (κ3) is 2.44. The molecule has 0 saturated heterocycles. The highest BCUT2D eigenvalue weighted by atomic mass is 19.1. The first-order valence-corrected chi connectivity index (χ1v) is 3.99. The van der Waals surface area contributed by atoms with Gasteiger partial charge in [-0.05, 0) is 29.8 Å². The molecule has 0 aromatic heterocycles. The monoisotopic (exact) mass is 196 g/mol. The first-order valence-electron chi connectivity index (χ1n) is 3.99. The SMILES string of the molecule is C#Cc1ccc(F)cc1C=C(C#N)C#N. The number of allylic oxidation sites excluding steroid dienone is 1. The summed E-state index contributed by atoms with van der Waals surface area (Å²) in [5.74, 6) is 1.88. The molecule has 0 fully saturated rings. The van der Waals surface area contributed by atoms with Crippen LogP contribution in [-0.4, -0.2) is 0 Å². The van der Waals surface area contributed by atoms with Crippen LogP contribution in [0.3, 0.4) is 0 Å². The predicted molar refractivity (Wildman–Crippen MR) is 53.5 cm³/mol. The Morgan fingerprint density at radius 2 is 2.00 bits per heavy atom. The van der Waals surface area contributed by atoms with Crippen molar-refractivity contribution in [2.45, 2.75) is 0 Å². The van der Waals surface area contributed by atoms with Gasteiger partial charge in [-0.1, -0.05) is 5.92 Å². The molecule has 0 unspecified atom stereocenters. The van der Waals surface area contributed by atoms with Crippen LogP contribution in [0.25, 0.3) is 6.08 Å². The molecule has 1 aromatic rings. The Labute approximate surface area is 86.9 Å². The lowest BCUT2D eigenvalue weighted by Crippen LogP contribution is -1.85. The lowest BCUT2D eigenvalue weighted by molar-refractivity contribution is 0.627. The van der Waals surface area contributed by atoms with Gasteiger partial charge in [-0.15, -0.1) is 6.42 Å². The number of terminal acetylenes is 1. The van der Waals surface area contributed by atoms with Gasteiger partial charge in [0.2, 0.25) is 0 Å². The fourth-order valence-electron chi connectivity index (χ4n) is 1.03. The van der Waals surface area contributed by atoms with Gasteiger partial charge in [0.15, 0.2) is 0 Å². The minimum absolute atomic E-state index is 0.114. The lowest BCUT2D eigenvalue weighted by Gasteiger charge is -1.98. The van der Waals surface area contributed by atoms with E-state index in [1.807, 2.05) is 0 Å². The zero-order valence-electron chi connectivity index (χ0n) is 7.66. The summed E-state index contributed by atoms with van der Waals surface area (Å²) in [6.07, 6.45) is 6.45. The van der Waals surface area contributed by atoms with Gasteiger partial charge in [-0.25, -0.2) is 4.39 Å². The molecule has 0 atom stereocenters. The first kappa shape index (κ1) is 10.5. The topological polar surface area (TPSA) is 47.6 Å². The number of nitriles is 2. The van der Waals surface area contributed by atoms with Crippen LogP contribution in [0.2, 0.25) is 0 Å². The maximum Gasteiger partial charge on any atom is 0.130 e.